The van der Waals surface area contributed by atoms with Crippen molar-refractivity contribution in [2.45, 2.75) is 26.2 Å². The van der Waals surface area contributed by atoms with Gasteiger partial charge in [0.1, 0.15) is 0 Å². The number of piperidine rings is 1. The fourth-order valence-electron chi connectivity index (χ4n) is 2.80. The molecule has 0 spiro atoms. The predicted octanol–water partition coefficient (Wildman–Crippen LogP) is 2.98. The SMILES string of the molecule is CCOc1c(Br)cc(C(=O)NCCC2CCCNC2)cc1OC. The zero-order valence-electron chi connectivity index (χ0n) is 13.8. The first kappa shape index (κ1) is 18.1. The molecule has 1 amide bonds. The van der Waals surface area contributed by atoms with Crippen molar-refractivity contribution in [3.05, 3.63) is 22.2 Å². The lowest BCUT2D eigenvalue weighted by molar-refractivity contribution is 0.0950. The topological polar surface area (TPSA) is 59.6 Å². The van der Waals surface area contributed by atoms with E-state index in [-0.39, 0.29) is 5.91 Å². The Labute approximate surface area is 146 Å². The first-order valence-corrected chi connectivity index (χ1v) is 8.94. The summed E-state index contributed by atoms with van der Waals surface area (Å²) in [6, 6.07) is 3.48. The van der Waals surface area contributed by atoms with Crippen molar-refractivity contribution in [3.8, 4) is 11.5 Å². The molecule has 1 saturated heterocycles. The minimum atomic E-state index is -0.0872. The van der Waals surface area contributed by atoms with Crippen LogP contribution in [0.5, 0.6) is 11.5 Å². The zero-order valence-corrected chi connectivity index (χ0v) is 15.4. The zero-order chi connectivity index (χ0) is 16.7. The van der Waals surface area contributed by atoms with Gasteiger partial charge in [0.2, 0.25) is 0 Å². The second-order valence-electron chi connectivity index (χ2n) is 5.68. The number of ether oxygens (including phenoxy) is 2. The van der Waals surface area contributed by atoms with Gasteiger partial charge in [-0.3, -0.25) is 4.79 Å². The molecule has 1 aliphatic rings. The van der Waals surface area contributed by atoms with E-state index in [1.165, 1.54) is 12.8 Å². The van der Waals surface area contributed by atoms with Gasteiger partial charge in [-0.2, -0.15) is 0 Å². The van der Waals surface area contributed by atoms with E-state index in [4.69, 9.17) is 9.47 Å². The summed E-state index contributed by atoms with van der Waals surface area (Å²) >= 11 is 3.45. The van der Waals surface area contributed by atoms with Gasteiger partial charge in [-0.1, -0.05) is 0 Å². The standard InChI is InChI=1S/C17H25BrN2O3/c1-3-23-16-14(18)9-13(10-15(16)22-2)17(21)20-8-6-12-5-4-7-19-11-12/h9-10,12,19H,3-8,11H2,1-2H3,(H,20,21). The highest BCUT2D eigenvalue weighted by Gasteiger charge is 2.16. The van der Waals surface area contributed by atoms with Crippen LogP contribution in [0.2, 0.25) is 0 Å². The van der Waals surface area contributed by atoms with Crippen LogP contribution in [0.1, 0.15) is 36.5 Å². The van der Waals surface area contributed by atoms with E-state index in [1.807, 2.05) is 6.92 Å². The fourth-order valence-corrected chi connectivity index (χ4v) is 3.35. The summed E-state index contributed by atoms with van der Waals surface area (Å²) in [5, 5.41) is 6.39. The van der Waals surface area contributed by atoms with Gasteiger partial charge < -0.3 is 20.1 Å². The summed E-state index contributed by atoms with van der Waals surface area (Å²) in [7, 11) is 1.57. The average Bonchev–Trinajstić information content (AvgIpc) is 2.57. The summed E-state index contributed by atoms with van der Waals surface area (Å²) in [5.74, 6) is 1.75. The van der Waals surface area contributed by atoms with E-state index in [0.717, 1.165) is 24.0 Å². The molecule has 0 saturated carbocycles. The molecular weight excluding hydrogens is 360 g/mol. The van der Waals surface area contributed by atoms with Gasteiger partial charge in [0, 0.05) is 12.1 Å². The normalized spacial score (nSPS) is 17.6. The van der Waals surface area contributed by atoms with Gasteiger partial charge >= 0.3 is 0 Å². The Kier molecular flexibility index (Phi) is 7.17. The van der Waals surface area contributed by atoms with Gasteiger partial charge in [-0.25, -0.2) is 0 Å². The maximum atomic E-state index is 12.3. The minimum Gasteiger partial charge on any atom is -0.493 e. The Bertz CT molecular complexity index is 531. The highest BCUT2D eigenvalue weighted by molar-refractivity contribution is 9.10. The molecule has 23 heavy (non-hydrogen) atoms. The molecule has 1 aromatic carbocycles. The van der Waals surface area contributed by atoms with E-state index < -0.39 is 0 Å². The highest BCUT2D eigenvalue weighted by atomic mass is 79.9. The molecule has 1 atom stereocenters. The number of amides is 1. The maximum absolute atomic E-state index is 12.3. The van der Waals surface area contributed by atoms with Crippen LogP contribution < -0.4 is 20.1 Å². The van der Waals surface area contributed by atoms with E-state index in [1.54, 1.807) is 19.2 Å². The molecule has 1 fully saturated rings. The van der Waals surface area contributed by atoms with Gasteiger partial charge in [0.25, 0.3) is 5.91 Å². The highest BCUT2D eigenvalue weighted by Crippen LogP contribution is 2.36. The summed E-state index contributed by atoms with van der Waals surface area (Å²) in [6.07, 6.45) is 3.47. The van der Waals surface area contributed by atoms with Crippen molar-refractivity contribution in [1.82, 2.24) is 10.6 Å². The van der Waals surface area contributed by atoms with Crippen molar-refractivity contribution in [1.29, 1.82) is 0 Å². The van der Waals surface area contributed by atoms with Crippen LogP contribution in [0, 0.1) is 5.92 Å². The van der Waals surface area contributed by atoms with Crippen molar-refractivity contribution < 1.29 is 14.3 Å². The van der Waals surface area contributed by atoms with E-state index >= 15 is 0 Å². The molecule has 0 aromatic heterocycles. The molecule has 1 unspecified atom stereocenters. The molecular formula is C17H25BrN2O3. The van der Waals surface area contributed by atoms with E-state index in [0.29, 0.717) is 36.1 Å². The van der Waals surface area contributed by atoms with Crippen LogP contribution in [0.15, 0.2) is 16.6 Å². The molecule has 1 aliphatic heterocycles. The predicted molar refractivity (Wildman–Crippen MR) is 94.4 cm³/mol. The van der Waals surface area contributed by atoms with Crippen LogP contribution in [0.4, 0.5) is 0 Å². The van der Waals surface area contributed by atoms with E-state index in [2.05, 4.69) is 26.6 Å². The largest absolute Gasteiger partial charge is 0.493 e. The molecule has 0 aliphatic carbocycles. The molecule has 2 N–H and O–H groups in total. The summed E-state index contributed by atoms with van der Waals surface area (Å²) in [5.41, 5.74) is 0.568. The quantitative estimate of drug-likeness (QED) is 0.758. The van der Waals surface area contributed by atoms with Crippen LogP contribution in [0.3, 0.4) is 0 Å². The Morgan fingerprint density at radius 1 is 1.48 bits per heavy atom. The van der Waals surface area contributed by atoms with Crippen LogP contribution >= 0.6 is 15.9 Å². The number of benzene rings is 1. The summed E-state index contributed by atoms with van der Waals surface area (Å²) in [6.45, 7) is 5.31. The number of methoxy groups -OCH3 is 1. The average molecular weight is 385 g/mol. The van der Waals surface area contributed by atoms with Crippen molar-refractivity contribution >= 4 is 21.8 Å². The third kappa shape index (κ3) is 5.11. The Hall–Kier alpha value is -1.27. The van der Waals surface area contributed by atoms with Gasteiger partial charge in [0.15, 0.2) is 11.5 Å². The Balaban J connectivity index is 1.94. The third-order valence-corrected chi connectivity index (χ3v) is 4.61. The molecule has 1 heterocycles. The lowest BCUT2D eigenvalue weighted by Crippen LogP contribution is -2.33. The third-order valence-electron chi connectivity index (χ3n) is 4.02. The monoisotopic (exact) mass is 384 g/mol. The van der Waals surface area contributed by atoms with Gasteiger partial charge in [0.05, 0.1) is 18.2 Å². The molecule has 0 radical (unpaired) electrons. The molecule has 2 rings (SSSR count). The first-order valence-electron chi connectivity index (χ1n) is 8.15. The molecule has 0 bridgehead atoms. The van der Waals surface area contributed by atoms with Crippen molar-refractivity contribution in [3.63, 3.8) is 0 Å². The number of halogens is 1. The number of carbonyl (C=O) groups excluding carboxylic acids is 1. The minimum absolute atomic E-state index is 0.0872. The number of nitrogens with one attached hydrogen (secondary N) is 2. The van der Waals surface area contributed by atoms with Crippen LogP contribution in [0.25, 0.3) is 0 Å². The van der Waals surface area contributed by atoms with Crippen molar-refractivity contribution in [2.24, 2.45) is 5.92 Å². The second kappa shape index (κ2) is 9.13. The number of rotatable bonds is 7. The van der Waals surface area contributed by atoms with Crippen LogP contribution in [-0.2, 0) is 0 Å². The first-order chi connectivity index (χ1) is 11.2. The van der Waals surface area contributed by atoms with Crippen LogP contribution in [-0.4, -0.2) is 39.3 Å². The molecule has 1 aromatic rings. The molecule has 6 heteroatoms. The maximum Gasteiger partial charge on any atom is 0.251 e. The molecule has 5 nitrogen and oxygen atoms in total. The lowest BCUT2D eigenvalue weighted by Gasteiger charge is -2.22. The van der Waals surface area contributed by atoms with Gasteiger partial charge in [-0.15, -0.1) is 0 Å². The van der Waals surface area contributed by atoms with Gasteiger partial charge in [-0.05, 0) is 73.3 Å². The molecule has 128 valence electrons. The smallest absolute Gasteiger partial charge is 0.251 e. The lowest BCUT2D eigenvalue weighted by atomic mass is 9.96. The van der Waals surface area contributed by atoms with E-state index in [9.17, 15) is 4.79 Å². The fraction of sp³-hybridized carbons (Fsp3) is 0.588. The summed E-state index contributed by atoms with van der Waals surface area (Å²) < 4.78 is 11.6. The Morgan fingerprint density at radius 2 is 2.30 bits per heavy atom. The second-order valence-corrected chi connectivity index (χ2v) is 6.53. The number of hydrogen-bond donors (Lipinski definition) is 2. The summed E-state index contributed by atoms with van der Waals surface area (Å²) in [4.78, 5) is 12.3. The number of hydrogen-bond acceptors (Lipinski definition) is 4. The Morgan fingerprint density at radius 3 is 2.96 bits per heavy atom. The number of carbonyl (C=O) groups is 1. The van der Waals surface area contributed by atoms with Crippen molar-refractivity contribution in [2.75, 3.05) is 33.4 Å².